The summed E-state index contributed by atoms with van der Waals surface area (Å²) in [6.45, 7) is 8.60. The molecule has 0 spiro atoms. The van der Waals surface area contributed by atoms with Crippen LogP contribution in [0.5, 0.6) is 5.75 Å². The van der Waals surface area contributed by atoms with Crippen LogP contribution in [0.4, 0.5) is 5.13 Å². The van der Waals surface area contributed by atoms with E-state index in [4.69, 9.17) is 14.5 Å². The normalized spacial score (nSPS) is 14.8. The summed E-state index contributed by atoms with van der Waals surface area (Å²) in [5.74, 6) is -0.438. The lowest BCUT2D eigenvalue weighted by molar-refractivity contribution is -0.116. The number of hydrogen-bond acceptors (Lipinski definition) is 8. The molecule has 1 saturated heterocycles. The summed E-state index contributed by atoms with van der Waals surface area (Å²) in [6, 6.07) is 12.2. The predicted octanol–water partition coefficient (Wildman–Crippen LogP) is 3.53. The Kier molecular flexibility index (Phi) is 8.38. The molecule has 2 heterocycles. The van der Waals surface area contributed by atoms with Gasteiger partial charge in [-0.2, -0.15) is 0 Å². The molecule has 2 aromatic carbocycles. The molecular weight excluding hydrogens is 486 g/mol. The summed E-state index contributed by atoms with van der Waals surface area (Å²) in [6.07, 6.45) is 0.699. The van der Waals surface area contributed by atoms with E-state index in [-0.39, 0.29) is 4.90 Å². The van der Waals surface area contributed by atoms with Gasteiger partial charge < -0.3 is 9.47 Å². The molecule has 8 nitrogen and oxygen atoms in total. The number of aromatic nitrogens is 1. The number of ether oxygens (including phenoxy) is 2. The Morgan fingerprint density at radius 2 is 1.91 bits per heavy atom. The second-order valence-corrected chi connectivity index (χ2v) is 11.5. The Morgan fingerprint density at radius 1 is 1.17 bits per heavy atom. The van der Waals surface area contributed by atoms with Gasteiger partial charge in [-0.25, -0.2) is 13.4 Å². The average Bonchev–Trinajstić information content (AvgIpc) is 3.27. The van der Waals surface area contributed by atoms with E-state index in [2.05, 4.69) is 4.90 Å². The third-order valence-electron chi connectivity index (χ3n) is 5.86. The highest BCUT2D eigenvalue weighted by Gasteiger charge is 2.27. The van der Waals surface area contributed by atoms with Gasteiger partial charge in [-0.3, -0.25) is 14.6 Å². The first kappa shape index (κ1) is 25.6. The highest BCUT2D eigenvalue weighted by molar-refractivity contribution is 7.92. The van der Waals surface area contributed by atoms with Crippen molar-refractivity contribution in [3.8, 4) is 5.75 Å². The maximum atomic E-state index is 13.4. The van der Waals surface area contributed by atoms with Crippen molar-refractivity contribution in [2.75, 3.05) is 56.7 Å². The molecule has 1 aliphatic heterocycles. The van der Waals surface area contributed by atoms with Gasteiger partial charge in [0.1, 0.15) is 17.0 Å². The van der Waals surface area contributed by atoms with Crippen molar-refractivity contribution >= 4 is 42.4 Å². The van der Waals surface area contributed by atoms with Gasteiger partial charge in [0.15, 0.2) is 15.0 Å². The predicted molar refractivity (Wildman–Crippen MR) is 138 cm³/mol. The van der Waals surface area contributed by atoms with Gasteiger partial charge in [-0.1, -0.05) is 35.1 Å². The Bertz CT molecular complexity index is 1250. The quantitative estimate of drug-likeness (QED) is 0.406. The van der Waals surface area contributed by atoms with Crippen LogP contribution in [-0.4, -0.2) is 76.0 Å². The van der Waals surface area contributed by atoms with Crippen LogP contribution >= 0.6 is 11.3 Å². The minimum absolute atomic E-state index is 0.146. The first-order valence-electron chi connectivity index (χ1n) is 11.8. The zero-order valence-corrected chi connectivity index (χ0v) is 21.7. The fourth-order valence-electron chi connectivity index (χ4n) is 3.97. The van der Waals surface area contributed by atoms with Gasteiger partial charge >= 0.3 is 0 Å². The van der Waals surface area contributed by atoms with Crippen LogP contribution in [0.1, 0.15) is 18.9 Å². The first-order valence-corrected chi connectivity index (χ1v) is 14.3. The Hall–Kier alpha value is -2.53. The Balaban J connectivity index is 1.58. The molecule has 1 fully saturated rings. The molecule has 0 unspecified atom stereocenters. The van der Waals surface area contributed by atoms with Crippen LogP contribution in [0.2, 0.25) is 0 Å². The number of hydrogen-bond donors (Lipinski definition) is 0. The molecule has 0 bridgehead atoms. The maximum Gasteiger partial charge on any atom is 0.244 e. The summed E-state index contributed by atoms with van der Waals surface area (Å²) in [5, 5.41) is 0.484. The lowest BCUT2D eigenvalue weighted by atomic mass is 10.2. The van der Waals surface area contributed by atoms with E-state index in [0.29, 0.717) is 49.2 Å². The van der Waals surface area contributed by atoms with E-state index in [0.717, 1.165) is 29.9 Å². The van der Waals surface area contributed by atoms with Gasteiger partial charge in [0.25, 0.3) is 0 Å². The van der Waals surface area contributed by atoms with E-state index in [9.17, 15) is 13.2 Å². The molecule has 1 amide bonds. The number of sulfone groups is 1. The molecule has 10 heteroatoms. The standard InChI is InChI=1S/C25H31N3O5S2/c1-3-33-21-6-4-7-22-24(21)26-25(34-22)28(13-5-12-27-14-16-32-17-15-27)23(29)18-35(30,31)20-10-8-19(2)9-11-20/h4,6-11H,3,5,12-18H2,1-2H3. The SMILES string of the molecule is CCOc1cccc2sc(N(CCCN3CCOCC3)C(=O)CS(=O)(=O)c3ccc(C)cc3)nc12. The summed E-state index contributed by atoms with van der Waals surface area (Å²) in [4.78, 5) is 22.1. The van der Waals surface area contributed by atoms with E-state index in [1.54, 1.807) is 24.3 Å². The zero-order chi connectivity index (χ0) is 24.8. The molecule has 0 saturated carbocycles. The molecule has 188 valence electrons. The topological polar surface area (TPSA) is 89.0 Å². The molecule has 1 aromatic heterocycles. The number of benzene rings is 2. The number of fused-ring (bicyclic) bond motifs is 1. The molecule has 0 atom stereocenters. The number of carbonyl (C=O) groups is 1. The van der Waals surface area contributed by atoms with Crippen molar-refractivity contribution in [2.24, 2.45) is 0 Å². The summed E-state index contributed by atoms with van der Waals surface area (Å²) >= 11 is 1.37. The number of morpholine rings is 1. The van der Waals surface area contributed by atoms with Gasteiger partial charge in [0.2, 0.25) is 5.91 Å². The second-order valence-electron chi connectivity index (χ2n) is 8.46. The van der Waals surface area contributed by atoms with Gasteiger partial charge in [-0.05, 0) is 44.5 Å². The summed E-state index contributed by atoms with van der Waals surface area (Å²) < 4.78 is 38.0. The molecule has 35 heavy (non-hydrogen) atoms. The summed E-state index contributed by atoms with van der Waals surface area (Å²) in [5.41, 5.74) is 1.64. The van der Waals surface area contributed by atoms with Gasteiger partial charge in [0.05, 0.1) is 29.4 Å². The van der Waals surface area contributed by atoms with Crippen LogP contribution in [0, 0.1) is 6.92 Å². The smallest absolute Gasteiger partial charge is 0.244 e. The van der Waals surface area contributed by atoms with E-state index < -0.39 is 21.5 Å². The number of para-hydroxylation sites is 1. The minimum atomic E-state index is -3.79. The van der Waals surface area contributed by atoms with Crippen LogP contribution in [0.15, 0.2) is 47.4 Å². The molecule has 0 N–H and O–H groups in total. The average molecular weight is 518 g/mol. The van der Waals surface area contributed by atoms with Crippen LogP contribution in [-0.2, 0) is 19.4 Å². The van der Waals surface area contributed by atoms with Crippen molar-refractivity contribution in [2.45, 2.75) is 25.2 Å². The molecule has 0 radical (unpaired) electrons. The molecule has 3 aromatic rings. The number of carbonyl (C=O) groups excluding carboxylic acids is 1. The maximum absolute atomic E-state index is 13.4. The first-order chi connectivity index (χ1) is 16.9. The van der Waals surface area contributed by atoms with Crippen molar-refractivity contribution in [3.63, 3.8) is 0 Å². The van der Waals surface area contributed by atoms with Gasteiger partial charge in [-0.15, -0.1) is 0 Å². The van der Waals surface area contributed by atoms with Crippen molar-refractivity contribution in [1.29, 1.82) is 0 Å². The fourth-order valence-corrected chi connectivity index (χ4v) is 6.20. The molecular formula is C25H31N3O5S2. The van der Waals surface area contributed by atoms with Crippen LogP contribution < -0.4 is 9.64 Å². The van der Waals surface area contributed by atoms with E-state index in [1.165, 1.54) is 16.2 Å². The highest BCUT2D eigenvalue weighted by Crippen LogP contribution is 2.34. The minimum Gasteiger partial charge on any atom is -0.492 e. The second kappa shape index (κ2) is 11.5. The van der Waals surface area contributed by atoms with Crippen LogP contribution in [0.25, 0.3) is 10.2 Å². The lowest BCUT2D eigenvalue weighted by Crippen LogP contribution is -2.40. The number of amides is 1. The number of aryl methyl sites for hydroxylation is 1. The number of nitrogens with zero attached hydrogens (tertiary/aromatic N) is 3. The Labute approximate surface area is 210 Å². The largest absolute Gasteiger partial charge is 0.492 e. The zero-order valence-electron chi connectivity index (χ0n) is 20.1. The van der Waals surface area contributed by atoms with Crippen molar-refractivity contribution in [1.82, 2.24) is 9.88 Å². The van der Waals surface area contributed by atoms with Crippen LogP contribution in [0.3, 0.4) is 0 Å². The van der Waals surface area contributed by atoms with Crippen molar-refractivity contribution in [3.05, 3.63) is 48.0 Å². The highest BCUT2D eigenvalue weighted by atomic mass is 32.2. The summed E-state index contributed by atoms with van der Waals surface area (Å²) in [7, 11) is -3.79. The van der Waals surface area contributed by atoms with E-state index >= 15 is 0 Å². The van der Waals surface area contributed by atoms with E-state index in [1.807, 2.05) is 32.0 Å². The number of anilines is 1. The molecule has 0 aliphatic carbocycles. The number of thiazole rings is 1. The third-order valence-corrected chi connectivity index (χ3v) is 8.52. The third kappa shape index (κ3) is 6.38. The lowest BCUT2D eigenvalue weighted by Gasteiger charge is -2.27. The van der Waals surface area contributed by atoms with Crippen molar-refractivity contribution < 1.29 is 22.7 Å². The molecule has 4 rings (SSSR count). The fraction of sp³-hybridized carbons (Fsp3) is 0.440. The molecule has 1 aliphatic rings. The monoisotopic (exact) mass is 517 g/mol. The Morgan fingerprint density at radius 3 is 2.63 bits per heavy atom. The van der Waals surface area contributed by atoms with Gasteiger partial charge in [0, 0.05) is 26.2 Å². The number of rotatable bonds is 10.